The largest absolute Gasteiger partial charge is 0.389 e. The van der Waals surface area contributed by atoms with E-state index in [1.54, 1.807) is 12.3 Å². The van der Waals surface area contributed by atoms with Crippen LogP contribution in [-0.2, 0) is 10.4 Å². The van der Waals surface area contributed by atoms with Gasteiger partial charge in [-0.05, 0) is 68.2 Å². The molecular weight excluding hydrogens is 581 g/mol. The molecule has 2 atom stereocenters. The van der Waals surface area contributed by atoms with E-state index in [4.69, 9.17) is 0 Å². The molecule has 5 rings (SSSR count). The summed E-state index contributed by atoms with van der Waals surface area (Å²) in [5.74, 6) is -4.63. The van der Waals surface area contributed by atoms with Crippen molar-refractivity contribution in [1.29, 1.82) is 0 Å². The van der Waals surface area contributed by atoms with E-state index in [1.165, 1.54) is 24.6 Å². The summed E-state index contributed by atoms with van der Waals surface area (Å²) in [5, 5.41) is 27.5. The minimum atomic E-state index is -4.45. The number of nitrogens with zero attached hydrogens (tertiary/aromatic N) is 5. The minimum absolute atomic E-state index is 0.0468. The molecule has 0 aromatic carbocycles. The van der Waals surface area contributed by atoms with E-state index in [1.807, 2.05) is 0 Å². The molecule has 3 heterocycles. The lowest BCUT2D eigenvalue weighted by Gasteiger charge is -2.33. The van der Waals surface area contributed by atoms with Crippen LogP contribution in [-0.4, -0.2) is 53.9 Å². The standard InChI is InChI=1S/C27H32F5N7O4/c1-25(2,42)23-22(37-43-38-23)24(41)36-21(15-5-8-26(28,29)9-6-15)17-13-39-18(34-17)11-16(12-33-39)20(14-3-4-14)35-19(40)7-10-27(30,31)32/h11-15,20-21,42H,3-10H2,1-2H3,(H,35,40)(H,36,41)/t20-,21+/m1/s1. The maximum atomic E-state index is 14.0. The second-order valence-corrected chi connectivity index (χ2v) is 11.9. The topological polar surface area (TPSA) is 148 Å². The van der Waals surface area contributed by atoms with Crippen LogP contribution in [0.4, 0.5) is 22.0 Å². The van der Waals surface area contributed by atoms with Gasteiger partial charge >= 0.3 is 6.18 Å². The molecule has 234 valence electrons. The number of rotatable bonds is 10. The van der Waals surface area contributed by atoms with Crippen LogP contribution in [0.5, 0.6) is 0 Å². The molecule has 0 aliphatic heterocycles. The number of carbonyl (C=O) groups is 2. The number of halogens is 5. The maximum Gasteiger partial charge on any atom is 0.389 e. The van der Waals surface area contributed by atoms with Gasteiger partial charge in [-0.25, -0.2) is 22.9 Å². The molecule has 0 radical (unpaired) electrons. The highest BCUT2D eigenvalue weighted by atomic mass is 19.4. The molecule has 2 saturated carbocycles. The van der Waals surface area contributed by atoms with E-state index in [0.29, 0.717) is 16.9 Å². The van der Waals surface area contributed by atoms with Gasteiger partial charge in [0.25, 0.3) is 5.91 Å². The second kappa shape index (κ2) is 11.4. The van der Waals surface area contributed by atoms with Gasteiger partial charge in [0, 0.05) is 19.3 Å². The molecule has 0 saturated heterocycles. The average Bonchev–Trinajstić information content (AvgIpc) is 3.45. The van der Waals surface area contributed by atoms with Crippen molar-refractivity contribution in [2.45, 2.75) is 95.0 Å². The van der Waals surface area contributed by atoms with Gasteiger partial charge in [-0.3, -0.25) is 9.59 Å². The van der Waals surface area contributed by atoms with Gasteiger partial charge in [0.2, 0.25) is 11.8 Å². The molecule has 2 aliphatic carbocycles. The SMILES string of the molecule is CC(C)(O)c1nonc1C(=O)N[C@H](c1cn2ncc([C@H](NC(=O)CCC(F)(F)F)C3CC3)cc2n1)C1CCC(F)(F)CC1. The molecule has 43 heavy (non-hydrogen) atoms. The summed E-state index contributed by atoms with van der Waals surface area (Å²) in [6, 6.07) is 0.279. The van der Waals surface area contributed by atoms with Crippen LogP contribution in [0.15, 0.2) is 23.1 Å². The highest BCUT2D eigenvalue weighted by molar-refractivity contribution is 5.93. The van der Waals surface area contributed by atoms with Crippen molar-refractivity contribution < 1.29 is 41.3 Å². The summed E-state index contributed by atoms with van der Waals surface area (Å²) in [4.78, 5) is 30.2. The third-order valence-corrected chi connectivity index (χ3v) is 7.89. The molecule has 0 unspecified atom stereocenters. The van der Waals surface area contributed by atoms with Crippen molar-refractivity contribution in [3.05, 3.63) is 41.1 Å². The van der Waals surface area contributed by atoms with Crippen LogP contribution in [0.2, 0.25) is 0 Å². The minimum Gasteiger partial charge on any atom is -0.384 e. The summed E-state index contributed by atoms with van der Waals surface area (Å²) in [5.41, 5.74) is -0.650. The number of fused-ring (bicyclic) bond motifs is 1. The Labute approximate surface area is 242 Å². The van der Waals surface area contributed by atoms with Gasteiger partial charge in [-0.2, -0.15) is 18.3 Å². The highest BCUT2D eigenvalue weighted by Crippen LogP contribution is 2.43. The fraction of sp³-hybridized carbons (Fsp3) is 0.630. The van der Waals surface area contributed by atoms with Crippen LogP contribution in [0.3, 0.4) is 0 Å². The van der Waals surface area contributed by atoms with Crippen LogP contribution < -0.4 is 10.6 Å². The maximum absolute atomic E-state index is 14.0. The van der Waals surface area contributed by atoms with Crippen LogP contribution >= 0.6 is 0 Å². The molecule has 0 bridgehead atoms. The Bertz CT molecular complexity index is 1470. The van der Waals surface area contributed by atoms with Gasteiger partial charge < -0.3 is 15.7 Å². The molecule has 11 nitrogen and oxygen atoms in total. The molecule has 3 aromatic heterocycles. The Morgan fingerprint density at radius 1 is 1.09 bits per heavy atom. The monoisotopic (exact) mass is 613 g/mol. The fourth-order valence-electron chi connectivity index (χ4n) is 5.41. The van der Waals surface area contributed by atoms with E-state index in [-0.39, 0.29) is 43.0 Å². The van der Waals surface area contributed by atoms with E-state index in [0.717, 1.165) is 12.8 Å². The van der Waals surface area contributed by atoms with Crippen molar-refractivity contribution in [2.75, 3.05) is 0 Å². The third kappa shape index (κ3) is 7.46. The molecule has 3 aromatic rings. The first-order chi connectivity index (χ1) is 20.1. The zero-order chi connectivity index (χ0) is 31.2. The van der Waals surface area contributed by atoms with E-state index in [9.17, 15) is 36.6 Å². The molecule has 2 fully saturated rings. The smallest absolute Gasteiger partial charge is 0.384 e. The van der Waals surface area contributed by atoms with Gasteiger partial charge in [0.1, 0.15) is 11.3 Å². The number of carbonyl (C=O) groups excluding carboxylic acids is 2. The number of imidazole rings is 1. The number of nitrogens with one attached hydrogen (secondary N) is 2. The van der Waals surface area contributed by atoms with Gasteiger partial charge in [0.15, 0.2) is 11.3 Å². The molecule has 16 heteroatoms. The Kier molecular flexibility index (Phi) is 8.17. The van der Waals surface area contributed by atoms with Crippen LogP contribution in [0.1, 0.15) is 105 Å². The first-order valence-corrected chi connectivity index (χ1v) is 14.0. The molecule has 2 amide bonds. The number of aliphatic hydroxyl groups is 1. The summed E-state index contributed by atoms with van der Waals surface area (Å²) in [6.07, 6.45) is -2.24. The number of aromatic nitrogens is 5. The van der Waals surface area contributed by atoms with Crippen molar-refractivity contribution in [2.24, 2.45) is 11.8 Å². The molecule has 0 spiro atoms. The van der Waals surface area contributed by atoms with Crippen molar-refractivity contribution in [1.82, 2.24) is 35.5 Å². The normalized spacial score (nSPS) is 19.3. The predicted molar refractivity (Wildman–Crippen MR) is 139 cm³/mol. The first kappa shape index (κ1) is 30.8. The van der Waals surface area contributed by atoms with Gasteiger partial charge in [0.05, 0.1) is 36.6 Å². The Balaban J connectivity index is 1.41. The third-order valence-electron chi connectivity index (χ3n) is 7.89. The van der Waals surface area contributed by atoms with Crippen molar-refractivity contribution in [3.8, 4) is 0 Å². The summed E-state index contributed by atoms with van der Waals surface area (Å²) in [6.45, 7) is 2.81. The quantitative estimate of drug-likeness (QED) is 0.282. The van der Waals surface area contributed by atoms with Gasteiger partial charge in [-0.15, -0.1) is 0 Å². The highest BCUT2D eigenvalue weighted by Gasteiger charge is 2.41. The Morgan fingerprint density at radius 3 is 2.40 bits per heavy atom. The summed E-state index contributed by atoms with van der Waals surface area (Å²) in [7, 11) is 0. The van der Waals surface area contributed by atoms with Crippen LogP contribution in [0.25, 0.3) is 5.65 Å². The van der Waals surface area contributed by atoms with Gasteiger partial charge in [-0.1, -0.05) is 5.16 Å². The number of hydrogen-bond acceptors (Lipinski definition) is 8. The Hall–Kier alpha value is -3.69. The Morgan fingerprint density at radius 2 is 1.77 bits per heavy atom. The van der Waals surface area contributed by atoms with Crippen LogP contribution in [0, 0.1) is 11.8 Å². The average molecular weight is 614 g/mol. The summed E-state index contributed by atoms with van der Waals surface area (Å²) >= 11 is 0. The molecular formula is C27H32F5N7O4. The van der Waals surface area contributed by atoms with E-state index in [2.05, 4.69) is 35.7 Å². The zero-order valence-electron chi connectivity index (χ0n) is 23.5. The van der Waals surface area contributed by atoms with E-state index < -0.39 is 60.4 Å². The second-order valence-electron chi connectivity index (χ2n) is 11.9. The predicted octanol–water partition coefficient (Wildman–Crippen LogP) is 4.55. The lowest BCUT2D eigenvalue weighted by Crippen LogP contribution is -2.38. The van der Waals surface area contributed by atoms with Crippen molar-refractivity contribution >= 4 is 17.5 Å². The first-order valence-electron chi connectivity index (χ1n) is 14.0. The molecule has 3 N–H and O–H groups in total. The fourth-order valence-corrected chi connectivity index (χ4v) is 5.41. The van der Waals surface area contributed by atoms with Crippen molar-refractivity contribution in [3.63, 3.8) is 0 Å². The zero-order valence-corrected chi connectivity index (χ0v) is 23.5. The lowest BCUT2D eigenvalue weighted by molar-refractivity contribution is -0.144. The summed E-state index contributed by atoms with van der Waals surface area (Å²) < 4.78 is 72.0. The lowest BCUT2D eigenvalue weighted by atomic mass is 9.81. The molecule has 2 aliphatic rings. The van der Waals surface area contributed by atoms with E-state index >= 15 is 0 Å². The number of alkyl halides is 5. The number of hydrogen-bond donors (Lipinski definition) is 3. The number of amides is 2.